The van der Waals surface area contributed by atoms with Gasteiger partial charge < -0.3 is 10.1 Å². The van der Waals surface area contributed by atoms with E-state index in [1.54, 1.807) is 12.1 Å². The van der Waals surface area contributed by atoms with Crippen molar-refractivity contribution in [3.05, 3.63) is 29.8 Å². The van der Waals surface area contributed by atoms with Crippen LogP contribution < -0.4 is 10.1 Å². The van der Waals surface area contributed by atoms with Crippen molar-refractivity contribution in [2.24, 2.45) is 5.92 Å². The molecule has 0 aliphatic heterocycles. The predicted octanol–water partition coefficient (Wildman–Crippen LogP) is 3.59. The molecule has 0 aliphatic rings. The van der Waals surface area contributed by atoms with Gasteiger partial charge >= 0.3 is 6.61 Å². The second-order valence-electron chi connectivity index (χ2n) is 4.20. The third kappa shape index (κ3) is 3.97. The summed E-state index contributed by atoms with van der Waals surface area (Å²) in [4.78, 5) is 0. The Kier molecular flexibility index (Phi) is 5.35. The molecular formula is C13H19F2NO. The summed E-state index contributed by atoms with van der Waals surface area (Å²) in [6.07, 6.45) is 0. The highest BCUT2D eigenvalue weighted by Gasteiger charge is 2.19. The number of para-hydroxylation sites is 1. The molecule has 0 aliphatic carbocycles. The molecule has 1 rings (SSSR count). The van der Waals surface area contributed by atoms with Crippen LogP contribution in [0.15, 0.2) is 24.3 Å². The molecule has 1 unspecified atom stereocenters. The lowest BCUT2D eigenvalue weighted by atomic mass is 9.95. The maximum absolute atomic E-state index is 12.3. The average Bonchev–Trinajstić information content (AvgIpc) is 2.26. The normalized spacial score (nSPS) is 13.1. The van der Waals surface area contributed by atoms with Crippen LogP contribution in [0, 0.1) is 5.92 Å². The fourth-order valence-electron chi connectivity index (χ4n) is 1.87. The van der Waals surface area contributed by atoms with Crippen LogP contribution in [0.4, 0.5) is 8.78 Å². The number of halogens is 2. The highest BCUT2D eigenvalue weighted by molar-refractivity contribution is 5.36. The Labute approximate surface area is 101 Å². The summed E-state index contributed by atoms with van der Waals surface area (Å²) in [5.41, 5.74) is 0.782. The van der Waals surface area contributed by atoms with Crippen molar-refractivity contribution >= 4 is 0 Å². The minimum Gasteiger partial charge on any atom is -0.434 e. The quantitative estimate of drug-likeness (QED) is 0.824. The lowest BCUT2D eigenvalue weighted by Gasteiger charge is -2.24. The van der Waals surface area contributed by atoms with E-state index in [0.29, 0.717) is 5.92 Å². The topological polar surface area (TPSA) is 21.3 Å². The van der Waals surface area contributed by atoms with Gasteiger partial charge in [0.25, 0.3) is 0 Å². The van der Waals surface area contributed by atoms with Gasteiger partial charge in [-0.05, 0) is 18.5 Å². The molecule has 0 bridgehead atoms. The van der Waals surface area contributed by atoms with E-state index in [4.69, 9.17) is 0 Å². The Balaban J connectivity index is 3.00. The molecule has 0 saturated carbocycles. The van der Waals surface area contributed by atoms with Crippen molar-refractivity contribution in [3.8, 4) is 5.75 Å². The maximum Gasteiger partial charge on any atom is 0.387 e. The predicted molar refractivity (Wildman–Crippen MR) is 64.3 cm³/mol. The SMILES string of the molecule is CCNC(c1ccccc1OC(F)F)C(C)C. The first kappa shape index (κ1) is 13.9. The van der Waals surface area contributed by atoms with Gasteiger partial charge in [-0.3, -0.25) is 0 Å². The molecule has 0 fully saturated rings. The minimum atomic E-state index is -2.79. The van der Waals surface area contributed by atoms with E-state index in [1.807, 2.05) is 32.9 Å². The van der Waals surface area contributed by atoms with E-state index in [9.17, 15) is 8.78 Å². The van der Waals surface area contributed by atoms with Gasteiger partial charge in [0, 0.05) is 11.6 Å². The van der Waals surface area contributed by atoms with E-state index in [2.05, 4.69) is 10.1 Å². The fraction of sp³-hybridized carbons (Fsp3) is 0.538. The van der Waals surface area contributed by atoms with Gasteiger partial charge in [-0.25, -0.2) is 0 Å². The Morgan fingerprint density at radius 3 is 2.41 bits per heavy atom. The molecule has 0 heterocycles. The molecule has 1 atom stereocenters. The molecule has 0 saturated heterocycles. The van der Waals surface area contributed by atoms with Gasteiger partial charge in [0.15, 0.2) is 0 Å². The minimum absolute atomic E-state index is 0.0231. The van der Waals surface area contributed by atoms with Gasteiger partial charge in [-0.2, -0.15) is 8.78 Å². The zero-order valence-corrected chi connectivity index (χ0v) is 10.4. The van der Waals surface area contributed by atoms with Crippen LogP contribution in [-0.4, -0.2) is 13.2 Å². The van der Waals surface area contributed by atoms with E-state index < -0.39 is 6.61 Å². The molecule has 1 N–H and O–H groups in total. The number of hydrogen-bond donors (Lipinski definition) is 1. The van der Waals surface area contributed by atoms with E-state index >= 15 is 0 Å². The average molecular weight is 243 g/mol. The standard InChI is InChI=1S/C13H19F2NO/c1-4-16-12(9(2)3)10-7-5-6-8-11(10)17-13(14)15/h5-9,12-13,16H,4H2,1-3H3. The zero-order chi connectivity index (χ0) is 12.8. The summed E-state index contributed by atoms with van der Waals surface area (Å²) in [7, 11) is 0. The van der Waals surface area contributed by atoms with Crippen molar-refractivity contribution in [2.45, 2.75) is 33.4 Å². The summed E-state index contributed by atoms with van der Waals surface area (Å²) in [6, 6.07) is 6.96. The van der Waals surface area contributed by atoms with Gasteiger partial charge in [-0.15, -0.1) is 0 Å². The number of hydrogen-bond acceptors (Lipinski definition) is 2. The Morgan fingerprint density at radius 1 is 1.24 bits per heavy atom. The second kappa shape index (κ2) is 6.55. The third-order valence-corrected chi connectivity index (χ3v) is 2.56. The molecular weight excluding hydrogens is 224 g/mol. The first-order valence-electron chi connectivity index (χ1n) is 5.83. The fourth-order valence-corrected chi connectivity index (χ4v) is 1.87. The molecule has 0 amide bonds. The van der Waals surface area contributed by atoms with Crippen LogP contribution in [0.2, 0.25) is 0 Å². The largest absolute Gasteiger partial charge is 0.434 e. The molecule has 0 spiro atoms. The molecule has 1 aromatic carbocycles. The van der Waals surface area contributed by atoms with Crippen molar-refractivity contribution in [1.29, 1.82) is 0 Å². The molecule has 2 nitrogen and oxygen atoms in total. The third-order valence-electron chi connectivity index (χ3n) is 2.56. The van der Waals surface area contributed by atoms with E-state index in [-0.39, 0.29) is 11.8 Å². The first-order chi connectivity index (χ1) is 8.06. The van der Waals surface area contributed by atoms with Crippen LogP contribution >= 0.6 is 0 Å². The number of benzene rings is 1. The van der Waals surface area contributed by atoms with Gasteiger partial charge in [0.1, 0.15) is 5.75 Å². The maximum atomic E-state index is 12.3. The zero-order valence-electron chi connectivity index (χ0n) is 10.4. The van der Waals surface area contributed by atoms with E-state index in [0.717, 1.165) is 12.1 Å². The van der Waals surface area contributed by atoms with Gasteiger partial charge in [0.05, 0.1) is 0 Å². The van der Waals surface area contributed by atoms with Crippen LogP contribution in [0.25, 0.3) is 0 Å². The van der Waals surface area contributed by atoms with Crippen LogP contribution in [0.5, 0.6) is 5.75 Å². The van der Waals surface area contributed by atoms with Crippen molar-refractivity contribution in [3.63, 3.8) is 0 Å². The summed E-state index contributed by atoms with van der Waals surface area (Å²) in [5.74, 6) is 0.555. The Morgan fingerprint density at radius 2 is 1.88 bits per heavy atom. The van der Waals surface area contributed by atoms with Crippen LogP contribution in [-0.2, 0) is 0 Å². The van der Waals surface area contributed by atoms with Gasteiger partial charge in [-0.1, -0.05) is 39.0 Å². The van der Waals surface area contributed by atoms with Crippen molar-refractivity contribution in [1.82, 2.24) is 5.32 Å². The molecule has 17 heavy (non-hydrogen) atoms. The summed E-state index contributed by atoms with van der Waals surface area (Å²) in [6.45, 7) is 4.09. The molecule has 1 aromatic rings. The number of alkyl halides is 2. The summed E-state index contributed by atoms with van der Waals surface area (Å²) >= 11 is 0. The van der Waals surface area contributed by atoms with Crippen LogP contribution in [0.1, 0.15) is 32.4 Å². The highest BCUT2D eigenvalue weighted by Crippen LogP contribution is 2.30. The molecule has 4 heteroatoms. The summed E-state index contributed by atoms with van der Waals surface area (Å²) in [5, 5.41) is 3.29. The molecule has 0 radical (unpaired) electrons. The molecule has 0 aromatic heterocycles. The smallest absolute Gasteiger partial charge is 0.387 e. The summed E-state index contributed by atoms with van der Waals surface area (Å²) < 4.78 is 29.2. The lowest BCUT2D eigenvalue weighted by molar-refractivity contribution is -0.0508. The highest BCUT2D eigenvalue weighted by atomic mass is 19.3. The lowest BCUT2D eigenvalue weighted by Crippen LogP contribution is -2.26. The van der Waals surface area contributed by atoms with Crippen molar-refractivity contribution < 1.29 is 13.5 Å². The second-order valence-corrected chi connectivity index (χ2v) is 4.20. The Bertz CT molecular complexity index is 342. The first-order valence-corrected chi connectivity index (χ1v) is 5.83. The monoisotopic (exact) mass is 243 g/mol. The van der Waals surface area contributed by atoms with Gasteiger partial charge in [0.2, 0.25) is 0 Å². The number of ether oxygens (including phenoxy) is 1. The molecule has 96 valence electrons. The van der Waals surface area contributed by atoms with E-state index in [1.165, 1.54) is 0 Å². The van der Waals surface area contributed by atoms with Crippen LogP contribution in [0.3, 0.4) is 0 Å². The Hall–Kier alpha value is -1.16. The number of rotatable bonds is 6. The number of nitrogens with one attached hydrogen (secondary N) is 1. The van der Waals surface area contributed by atoms with Crippen molar-refractivity contribution in [2.75, 3.05) is 6.54 Å².